The quantitative estimate of drug-likeness (QED) is 0.424. The number of anilines is 2. The number of hydrogen-bond donors (Lipinski definition) is 1. The van der Waals surface area contributed by atoms with Crippen molar-refractivity contribution in [1.29, 1.82) is 0 Å². The Morgan fingerprint density at radius 2 is 2.16 bits per heavy atom. The second-order valence-corrected chi connectivity index (χ2v) is 9.98. The van der Waals surface area contributed by atoms with Gasteiger partial charge in [0.25, 0.3) is 0 Å². The molecule has 1 aliphatic rings. The summed E-state index contributed by atoms with van der Waals surface area (Å²) in [4.78, 5) is 31.2. The number of nitrogens with zero attached hydrogens (tertiary/aromatic N) is 4. The van der Waals surface area contributed by atoms with Gasteiger partial charge in [-0.1, -0.05) is 18.3 Å². The van der Waals surface area contributed by atoms with Gasteiger partial charge in [-0.3, -0.25) is 4.79 Å². The summed E-state index contributed by atoms with van der Waals surface area (Å²) in [5.74, 6) is 1.67. The molecule has 1 amide bonds. The van der Waals surface area contributed by atoms with Crippen LogP contribution < -0.4 is 15.0 Å². The average molecular weight is 468 g/mol. The smallest absolute Gasteiger partial charge is 0.231 e. The van der Waals surface area contributed by atoms with Crippen molar-refractivity contribution >= 4 is 60.0 Å². The minimum Gasteiger partial charge on any atom is -0.494 e. The zero-order chi connectivity index (χ0) is 22.1. The van der Waals surface area contributed by atoms with E-state index in [-0.39, 0.29) is 11.8 Å². The molecule has 0 radical (unpaired) electrons. The molecule has 7 nitrogen and oxygen atoms in total. The van der Waals surface area contributed by atoms with Crippen LogP contribution in [-0.4, -0.2) is 40.6 Å². The van der Waals surface area contributed by atoms with Crippen LogP contribution in [0.25, 0.3) is 20.4 Å². The number of nitrogens with one attached hydrogen (secondary N) is 1. The van der Waals surface area contributed by atoms with E-state index in [1.54, 1.807) is 17.7 Å². The van der Waals surface area contributed by atoms with E-state index < -0.39 is 0 Å². The topological polar surface area (TPSA) is 80.2 Å². The fraction of sp³-hybridized carbons (Fsp3) is 0.391. The highest BCUT2D eigenvalue weighted by molar-refractivity contribution is 7.22. The molecule has 9 heteroatoms. The number of carbonyl (C=O) groups excluding carboxylic acids is 1. The van der Waals surface area contributed by atoms with Crippen LogP contribution in [0.4, 0.5) is 10.9 Å². The number of thiophene rings is 1. The molecule has 0 unspecified atom stereocenters. The SMILES string of the molecule is CCOc1ccc2nc(NC(=O)[C@@H]3CCCN(c4ncnc5sc(CC)cc45)C3)sc2c1. The Balaban J connectivity index is 1.32. The Hall–Kier alpha value is -2.78. The summed E-state index contributed by atoms with van der Waals surface area (Å²) in [6.07, 6.45) is 4.43. The third-order valence-corrected chi connectivity index (χ3v) is 7.82. The molecule has 1 N–H and O–H groups in total. The fourth-order valence-corrected chi connectivity index (χ4v) is 5.95. The molecule has 0 aliphatic carbocycles. The maximum atomic E-state index is 13.1. The second kappa shape index (κ2) is 8.99. The number of benzene rings is 1. The number of fused-ring (bicyclic) bond motifs is 2. The third kappa shape index (κ3) is 4.14. The van der Waals surface area contributed by atoms with Gasteiger partial charge in [0.05, 0.1) is 28.1 Å². The molecular weight excluding hydrogens is 442 g/mol. The van der Waals surface area contributed by atoms with E-state index in [2.05, 4.69) is 38.2 Å². The average Bonchev–Trinajstić information content (AvgIpc) is 3.42. The molecule has 1 aliphatic heterocycles. The number of thiazole rings is 1. The van der Waals surface area contributed by atoms with E-state index in [9.17, 15) is 4.79 Å². The lowest BCUT2D eigenvalue weighted by Gasteiger charge is -2.32. The number of piperidine rings is 1. The normalized spacial score (nSPS) is 16.6. The van der Waals surface area contributed by atoms with Gasteiger partial charge in [0.15, 0.2) is 5.13 Å². The molecule has 1 fully saturated rings. The number of hydrogen-bond acceptors (Lipinski definition) is 8. The van der Waals surface area contributed by atoms with Crippen molar-refractivity contribution in [3.8, 4) is 5.75 Å². The van der Waals surface area contributed by atoms with Gasteiger partial charge < -0.3 is 15.0 Å². The van der Waals surface area contributed by atoms with E-state index in [1.807, 2.05) is 25.1 Å². The van der Waals surface area contributed by atoms with E-state index in [4.69, 9.17) is 4.74 Å². The zero-order valence-corrected chi connectivity index (χ0v) is 19.8. The number of rotatable bonds is 6. The number of aromatic nitrogens is 3. The summed E-state index contributed by atoms with van der Waals surface area (Å²) in [7, 11) is 0. The van der Waals surface area contributed by atoms with Crippen LogP contribution in [0.15, 0.2) is 30.6 Å². The van der Waals surface area contributed by atoms with Gasteiger partial charge in [0.2, 0.25) is 5.91 Å². The predicted octanol–water partition coefficient (Wildman–Crippen LogP) is 5.12. The maximum absolute atomic E-state index is 13.1. The van der Waals surface area contributed by atoms with Crippen LogP contribution >= 0.6 is 22.7 Å². The highest BCUT2D eigenvalue weighted by atomic mass is 32.1. The van der Waals surface area contributed by atoms with Crippen LogP contribution in [0, 0.1) is 5.92 Å². The summed E-state index contributed by atoms with van der Waals surface area (Å²) in [5.41, 5.74) is 0.867. The van der Waals surface area contributed by atoms with Crippen LogP contribution in [0.5, 0.6) is 5.75 Å². The first-order valence-corrected chi connectivity index (χ1v) is 12.6. The fourth-order valence-electron chi connectivity index (χ4n) is 4.13. The first-order valence-electron chi connectivity index (χ1n) is 11.0. The van der Waals surface area contributed by atoms with Gasteiger partial charge in [0.1, 0.15) is 22.7 Å². The Kier molecular flexibility index (Phi) is 5.93. The lowest BCUT2D eigenvalue weighted by Crippen LogP contribution is -2.41. The second-order valence-electron chi connectivity index (χ2n) is 7.84. The van der Waals surface area contributed by atoms with Gasteiger partial charge >= 0.3 is 0 Å². The van der Waals surface area contributed by atoms with Crippen molar-refractivity contribution in [3.63, 3.8) is 0 Å². The highest BCUT2D eigenvalue weighted by Gasteiger charge is 2.28. The predicted molar refractivity (Wildman–Crippen MR) is 131 cm³/mol. The number of ether oxygens (including phenoxy) is 1. The first-order chi connectivity index (χ1) is 15.6. The molecule has 1 atom stereocenters. The molecule has 0 bridgehead atoms. The summed E-state index contributed by atoms with van der Waals surface area (Å²) in [5, 5.41) is 4.76. The Bertz CT molecular complexity index is 1270. The van der Waals surface area contributed by atoms with Crippen LogP contribution in [-0.2, 0) is 11.2 Å². The molecular formula is C23H25N5O2S2. The lowest BCUT2D eigenvalue weighted by molar-refractivity contribution is -0.120. The van der Waals surface area contributed by atoms with Crippen molar-refractivity contribution in [2.24, 2.45) is 5.92 Å². The van der Waals surface area contributed by atoms with Gasteiger partial charge in [-0.25, -0.2) is 15.0 Å². The van der Waals surface area contributed by atoms with E-state index in [0.29, 0.717) is 18.3 Å². The molecule has 4 aromatic rings. The van der Waals surface area contributed by atoms with E-state index in [0.717, 1.165) is 57.8 Å². The first kappa shape index (κ1) is 21.1. The standard InChI is InChI=1S/C23H25N5O2S2/c1-3-16-11-17-20(24-13-25-22(17)31-16)28-9-5-6-14(12-28)21(29)27-23-26-18-8-7-15(30-4-2)10-19(18)32-23/h7-8,10-11,13-14H,3-6,9,12H2,1-2H3,(H,26,27,29)/t14-/m1/s1. The minimum absolute atomic E-state index is 0.0173. The minimum atomic E-state index is -0.107. The van der Waals surface area contributed by atoms with Gasteiger partial charge in [-0.15, -0.1) is 11.3 Å². The summed E-state index contributed by atoms with van der Waals surface area (Å²) >= 11 is 3.20. The lowest BCUT2D eigenvalue weighted by atomic mass is 9.97. The molecule has 4 heterocycles. The molecule has 0 spiro atoms. The largest absolute Gasteiger partial charge is 0.494 e. The molecule has 0 saturated carbocycles. The van der Waals surface area contributed by atoms with Crippen LogP contribution in [0.1, 0.15) is 31.6 Å². The molecule has 3 aromatic heterocycles. The maximum Gasteiger partial charge on any atom is 0.231 e. The molecule has 1 saturated heterocycles. The molecule has 1 aromatic carbocycles. The van der Waals surface area contributed by atoms with E-state index in [1.165, 1.54) is 16.2 Å². The number of carbonyl (C=O) groups is 1. The molecule has 32 heavy (non-hydrogen) atoms. The molecule has 5 rings (SSSR count). The Morgan fingerprint density at radius 1 is 1.25 bits per heavy atom. The number of aryl methyl sites for hydroxylation is 1. The van der Waals surface area contributed by atoms with Crippen molar-refractivity contribution in [3.05, 3.63) is 35.5 Å². The zero-order valence-electron chi connectivity index (χ0n) is 18.1. The van der Waals surface area contributed by atoms with Gasteiger partial charge in [-0.2, -0.15) is 0 Å². The van der Waals surface area contributed by atoms with Crippen molar-refractivity contribution in [1.82, 2.24) is 15.0 Å². The number of amides is 1. The van der Waals surface area contributed by atoms with Gasteiger partial charge in [0, 0.05) is 18.0 Å². The summed E-state index contributed by atoms with van der Waals surface area (Å²) in [6, 6.07) is 8.00. The summed E-state index contributed by atoms with van der Waals surface area (Å²) in [6.45, 7) is 6.28. The summed E-state index contributed by atoms with van der Waals surface area (Å²) < 4.78 is 6.57. The Labute approximate surface area is 194 Å². The van der Waals surface area contributed by atoms with Crippen LogP contribution in [0.3, 0.4) is 0 Å². The third-order valence-electron chi connectivity index (χ3n) is 5.70. The molecule has 166 valence electrons. The van der Waals surface area contributed by atoms with Gasteiger partial charge in [-0.05, 0) is 50.5 Å². The van der Waals surface area contributed by atoms with E-state index >= 15 is 0 Å². The van der Waals surface area contributed by atoms with Crippen molar-refractivity contribution < 1.29 is 9.53 Å². The van der Waals surface area contributed by atoms with Crippen LogP contribution in [0.2, 0.25) is 0 Å². The Morgan fingerprint density at radius 3 is 3.00 bits per heavy atom. The van der Waals surface area contributed by atoms with Crippen molar-refractivity contribution in [2.45, 2.75) is 33.1 Å². The monoisotopic (exact) mass is 467 g/mol. The van der Waals surface area contributed by atoms with Crippen molar-refractivity contribution in [2.75, 3.05) is 29.9 Å². The highest BCUT2D eigenvalue weighted by Crippen LogP contribution is 2.33.